The zero-order chi connectivity index (χ0) is 25.1. The Kier molecular flexibility index (Phi) is 8.30. The SMILES string of the molecule is CCC(=O)N(C)C[C@H]1Oc2cc(C#CC3(O)CCCC3)ccc2S(=O)(=O)N([C@H](C)CO)C[C@H]1C. The lowest BCUT2D eigenvalue weighted by molar-refractivity contribution is -0.131. The van der Waals surface area contributed by atoms with Gasteiger partial charge in [-0.1, -0.05) is 25.7 Å². The zero-order valence-electron chi connectivity index (χ0n) is 20.5. The van der Waals surface area contributed by atoms with Gasteiger partial charge in [-0.3, -0.25) is 4.79 Å². The smallest absolute Gasteiger partial charge is 0.247 e. The largest absolute Gasteiger partial charge is 0.487 e. The molecular formula is C25H36N2O6S. The van der Waals surface area contributed by atoms with Crippen LogP contribution in [0.5, 0.6) is 5.75 Å². The molecule has 1 saturated carbocycles. The van der Waals surface area contributed by atoms with Crippen LogP contribution < -0.4 is 4.74 Å². The van der Waals surface area contributed by atoms with Crippen molar-refractivity contribution >= 4 is 15.9 Å². The zero-order valence-corrected chi connectivity index (χ0v) is 21.3. The number of fused-ring (bicyclic) bond motifs is 1. The molecule has 1 fully saturated rings. The van der Waals surface area contributed by atoms with Crippen LogP contribution in [0.25, 0.3) is 0 Å². The molecule has 0 saturated heterocycles. The van der Waals surface area contributed by atoms with Gasteiger partial charge in [-0.05, 0) is 50.8 Å². The summed E-state index contributed by atoms with van der Waals surface area (Å²) < 4.78 is 34.6. The van der Waals surface area contributed by atoms with Gasteiger partial charge < -0.3 is 19.8 Å². The third-order valence-corrected chi connectivity index (χ3v) is 8.74. The van der Waals surface area contributed by atoms with Crippen molar-refractivity contribution < 1.29 is 28.2 Å². The summed E-state index contributed by atoms with van der Waals surface area (Å²) in [5, 5.41) is 20.3. The maximum Gasteiger partial charge on any atom is 0.247 e. The minimum absolute atomic E-state index is 0.000649. The summed E-state index contributed by atoms with van der Waals surface area (Å²) in [4.78, 5) is 13.8. The summed E-state index contributed by atoms with van der Waals surface area (Å²) in [6.07, 6.45) is 3.00. The first kappa shape index (κ1) is 26.5. The molecule has 1 aromatic rings. The fourth-order valence-corrected chi connectivity index (χ4v) is 6.26. The summed E-state index contributed by atoms with van der Waals surface area (Å²) >= 11 is 0. The molecule has 1 amide bonds. The molecule has 0 bridgehead atoms. The number of nitrogens with zero attached hydrogens (tertiary/aromatic N) is 2. The van der Waals surface area contributed by atoms with Crippen LogP contribution in [0.2, 0.25) is 0 Å². The van der Waals surface area contributed by atoms with Gasteiger partial charge in [0.1, 0.15) is 22.4 Å². The van der Waals surface area contributed by atoms with Crippen molar-refractivity contribution in [3.8, 4) is 17.6 Å². The van der Waals surface area contributed by atoms with E-state index >= 15 is 0 Å². The molecule has 2 N–H and O–H groups in total. The lowest BCUT2D eigenvalue weighted by atomic mass is 10.0. The van der Waals surface area contributed by atoms with Gasteiger partial charge in [0.15, 0.2) is 0 Å². The van der Waals surface area contributed by atoms with E-state index in [1.807, 2.05) is 6.92 Å². The summed E-state index contributed by atoms with van der Waals surface area (Å²) in [5.41, 5.74) is -0.466. The summed E-state index contributed by atoms with van der Waals surface area (Å²) in [7, 11) is -2.24. The maximum atomic E-state index is 13.5. The first-order chi connectivity index (χ1) is 16.0. The molecule has 2 aliphatic rings. The summed E-state index contributed by atoms with van der Waals surface area (Å²) in [5.74, 6) is 5.81. The molecule has 3 atom stereocenters. The van der Waals surface area contributed by atoms with Crippen molar-refractivity contribution in [3.05, 3.63) is 23.8 Å². The molecule has 1 heterocycles. The van der Waals surface area contributed by atoms with Crippen molar-refractivity contribution in [2.45, 2.75) is 75.5 Å². The predicted octanol–water partition coefficient (Wildman–Crippen LogP) is 1.98. The lowest BCUT2D eigenvalue weighted by Crippen LogP contribution is -2.50. The van der Waals surface area contributed by atoms with Gasteiger partial charge >= 0.3 is 0 Å². The minimum atomic E-state index is -3.95. The number of aliphatic hydroxyl groups excluding tert-OH is 1. The predicted molar refractivity (Wildman–Crippen MR) is 129 cm³/mol. The highest BCUT2D eigenvalue weighted by atomic mass is 32.2. The van der Waals surface area contributed by atoms with Crippen LogP contribution in [-0.4, -0.2) is 78.2 Å². The Hall–Kier alpha value is -2.12. The number of rotatable bonds is 5. The van der Waals surface area contributed by atoms with Crippen LogP contribution in [0.4, 0.5) is 0 Å². The van der Waals surface area contributed by atoms with E-state index < -0.39 is 27.8 Å². The van der Waals surface area contributed by atoms with Crippen molar-refractivity contribution in [2.75, 3.05) is 26.7 Å². The van der Waals surface area contributed by atoms with Crippen molar-refractivity contribution in [2.24, 2.45) is 5.92 Å². The van der Waals surface area contributed by atoms with Crippen LogP contribution in [0, 0.1) is 17.8 Å². The van der Waals surface area contributed by atoms with E-state index in [1.54, 1.807) is 37.9 Å². The highest BCUT2D eigenvalue weighted by molar-refractivity contribution is 7.89. The Bertz CT molecular complexity index is 1050. The number of carbonyl (C=O) groups excluding carboxylic acids is 1. The lowest BCUT2D eigenvalue weighted by Gasteiger charge is -2.37. The van der Waals surface area contributed by atoms with E-state index in [-0.39, 0.29) is 35.6 Å². The molecule has 1 aliphatic carbocycles. The van der Waals surface area contributed by atoms with Gasteiger partial charge in [-0.25, -0.2) is 8.42 Å². The molecule has 34 heavy (non-hydrogen) atoms. The maximum absolute atomic E-state index is 13.5. The van der Waals surface area contributed by atoms with E-state index in [9.17, 15) is 23.4 Å². The molecule has 0 unspecified atom stereocenters. The van der Waals surface area contributed by atoms with E-state index in [4.69, 9.17) is 4.74 Å². The van der Waals surface area contributed by atoms with Gasteiger partial charge in [-0.15, -0.1) is 0 Å². The number of hydrogen-bond donors (Lipinski definition) is 2. The molecule has 188 valence electrons. The van der Waals surface area contributed by atoms with E-state index in [0.29, 0.717) is 31.4 Å². The molecule has 1 aromatic carbocycles. The van der Waals surface area contributed by atoms with Crippen LogP contribution in [0.1, 0.15) is 58.4 Å². The number of sulfonamides is 1. The van der Waals surface area contributed by atoms with Gasteiger partial charge in [0, 0.05) is 37.5 Å². The average molecular weight is 493 g/mol. The highest BCUT2D eigenvalue weighted by Crippen LogP contribution is 2.34. The average Bonchev–Trinajstić information content (AvgIpc) is 3.25. The fourth-order valence-electron chi connectivity index (χ4n) is 4.44. The van der Waals surface area contributed by atoms with Crippen LogP contribution >= 0.6 is 0 Å². The summed E-state index contributed by atoms with van der Waals surface area (Å²) in [6.45, 7) is 5.46. The number of carbonyl (C=O) groups is 1. The number of amides is 1. The minimum Gasteiger partial charge on any atom is -0.487 e. The van der Waals surface area contributed by atoms with Crippen LogP contribution in [0.15, 0.2) is 23.1 Å². The third kappa shape index (κ3) is 5.74. The van der Waals surface area contributed by atoms with Crippen LogP contribution in [0.3, 0.4) is 0 Å². The second-order valence-electron chi connectivity index (χ2n) is 9.52. The molecule has 1 aliphatic heterocycles. The molecule has 9 heteroatoms. The topological polar surface area (TPSA) is 107 Å². The number of ether oxygens (including phenoxy) is 1. The Balaban J connectivity index is 2.05. The van der Waals surface area contributed by atoms with Gasteiger partial charge in [0.2, 0.25) is 15.9 Å². The van der Waals surface area contributed by atoms with Crippen molar-refractivity contribution in [1.82, 2.24) is 9.21 Å². The Morgan fingerprint density at radius 3 is 2.65 bits per heavy atom. The highest BCUT2D eigenvalue weighted by Gasteiger charge is 2.38. The first-order valence-corrected chi connectivity index (χ1v) is 13.4. The number of aliphatic hydroxyl groups is 2. The number of hydrogen-bond acceptors (Lipinski definition) is 6. The molecule has 8 nitrogen and oxygen atoms in total. The third-order valence-electron chi connectivity index (χ3n) is 6.72. The van der Waals surface area contributed by atoms with E-state index in [1.165, 1.54) is 10.4 Å². The molecule has 0 spiro atoms. The second kappa shape index (κ2) is 10.6. The Morgan fingerprint density at radius 2 is 2.03 bits per heavy atom. The Labute approximate surface area is 202 Å². The van der Waals surface area contributed by atoms with Crippen molar-refractivity contribution in [3.63, 3.8) is 0 Å². The standard InChI is InChI=1S/C25H36N2O6S/c1-5-24(29)26(4)16-22-18(2)15-27(19(3)17-28)34(31,32)23-9-8-20(14-21(23)33-22)10-13-25(30)11-6-7-12-25/h8-9,14,18-19,22,28,30H,5-7,11-12,15-17H2,1-4H3/t18-,19-,22-/m1/s1. The molecular weight excluding hydrogens is 456 g/mol. The Morgan fingerprint density at radius 1 is 1.35 bits per heavy atom. The van der Waals surface area contributed by atoms with E-state index in [2.05, 4.69) is 11.8 Å². The van der Waals surface area contributed by atoms with Gasteiger partial charge in [0.25, 0.3) is 0 Å². The second-order valence-corrected chi connectivity index (χ2v) is 11.4. The van der Waals surface area contributed by atoms with Crippen molar-refractivity contribution in [1.29, 1.82) is 0 Å². The van der Waals surface area contributed by atoms with Crippen LogP contribution in [-0.2, 0) is 14.8 Å². The van der Waals surface area contributed by atoms with E-state index in [0.717, 1.165) is 12.8 Å². The van der Waals surface area contributed by atoms with Gasteiger partial charge in [-0.2, -0.15) is 4.31 Å². The summed E-state index contributed by atoms with van der Waals surface area (Å²) in [6, 6.07) is 4.05. The molecule has 0 aromatic heterocycles. The first-order valence-electron chi connectivity index (χ1n) is 11.9. The number of likely N-dealkylation sites (N-methyl/N-ethyl adjacent to an activating group) is 1. The van der Waals surface area contributed by atoms with Gasteiger partial charge in [0.05, 0.1) is 13.2 Å². The molecule has 0 radical (unpaired) electrons. The number of benzene rings is 1. The normalized spacial score (nSPS) is 24.5. The fraction of sp³-hybridized carbons (Fsp3) is 0.640. The monoisotopic (exact) mass is 492 g/mol. The molecule has 3 rings (SSSR count). The quantitative estimate of drug-likeness (QED) is 0.609.